The van der Waals surface area contributed by atoms with E-state index in [1.165, 1.54) is 12.1 Å². The van der Waals surface area contributed by atoms with Crippen LogP contribution in [0.2, 0.25) is 0 Å². The Labute approximate surface area is 162 Å². The van der Waals surface area contributed by atoms with Crippen molar-refractivity contribution in [3.8, 4) is 0 Å². The van der Waals surface area contributed by atoms with E-state index in [0.717, 1.165) is 33.6 Å². The molecule has 0 radical (unpaired) electrons. The number of benzene rings is 3. The molecular formula is C22H22N4O2. The number of nitrogens with one attached hydrogen (secondary N) is 2. The average molecular weight is 374 g/mol. The molecule has 6 nitrogen and oxygen atoms in total. The third-order valence-corrected chi connectivity index (χ3v) is 4.87. The van der Waals surface area contributed by atoms with Crippen molar-refractivity contribution < 1.29 is 0 Å². The smallest absolute Gasteiger partial charge is 0.237 e. The van der Waals surface area contributed by atoms with E-state index < -0.39 is 10.9 Å². The number of rotatable bonds is 4. The topological polar surface area (TPSA) is 82.9 Å². The van der Waals surface area contributed by atoms with Gasteiger partial charge < -0.3 is 0 Å². The van der Waals surface area contributed by atoms with Crippen molar-refractivity contribution in [1.29, 1.82) is 0 Å². The second-order valence-electron chi connectivity index (χ2n) is 6.70. The lowest BCUT2D eigenvalue weighted by Gasteiger charge is -2.07. The minimum absolute atomic E-state index is 0.127. The summed E-state index contributed by atoms with van der Waals surface area (Å²) >= 11 is 0. The van der Waals surface area contributed by atoms with Crippen molar-refractivity contribution in [2.45, 2.75) is 27.7 Å². The van der Waals surface area contributed by atoms with Crippen LogP contribution >= 0.6 is 0 Å². The van der Waals surface area contributed by atoms with E-state index in [1.807, 2.05) is 64.1 Å². The fraction of sp³-hybridized carbons (Fsp3) is 0.182. The molecule has 0 aliphatic heterocycles. The predicted octanol–water partition coefficient (Wildman–Crippen LogP) is 2.37. The van der Waals surface area contributed by atoms with Gasteiger partial charge in [-0.3, -0.25) is 20.4 Å². The first-order chi connectivity index (χ1) is 13.4. The lowest BCUT2D eigenvalue weighted by molar-refractivity contribution is 1.10. The molecule has 0 bridgehead atoms. The molecule has 6 heteroatoms. The van der Waals surface area contributed by atoms with E-state index in [4.69, 9.17) is 0 Å². The summed E-state index contributed by atoms with van der Waals surface area (Å²) in [6, 6.07) is 14.2. The first-order valence-corrected chi connectivity index (χ1v) is 8.95. The highest BCUT2D eigenvalue weighted by Crippen LogP contribution is 2.18. The molecule has 3 aromatic rings. The zero-order valence-electron chi connectivity index (χ0n) is 16.3. The average Bonchev–Trinajstić information content (AvgIpc) is 2.67. The SMILES string of the molecule is Cc1cccc(NN=c2ccc(=O)c(=NNc3cccc(C)c3C)c2=O)c1C. The van der Waals surface area contributed by atoms with Gasteiger partial charge in [0.1, 0.15) is 5.36 Å². The summed E-state index contributed by atoms with van der Waals surface area (Å²) < 4.78 is 0. The fourth-order valence-electron chi connectivity index (χ4n) is 2.72. The quantitative estimate of drug-likeness (QED) is 0.687. The van der Waals surface area contributed by atoms with Crippen molar-refractivity contribution in [3.05, 3.63) is 102 Å². The van der Waals surface area contributed by atoms with E-state index in [9.17, 15) is 9.59 Å². The van der Waals surface area contributed by atoms with E-state index in [1.54, 1.807) is 0 Å². The second-order valence-corrected chi connectivity index (χ2v) is 6.70. The second kappa shape index (κ2) is 8.00. The maximum atomic E-state index is 12.7. The largest absolute Gasteiger partial charge is 0.287 e. The van der Waals surface area contributed by atoms with E-state index >= 15 is 0 Å². The van der Waals surface area contributed by atoms with Gasteiger partial charge in [-0.15, -0.1) is 0 Å². The molecule has 0 spiro atoms. The van der Waals surface area contributed by atoms with Crippen LogP contribution in [0.3, 0.4) is 0 Å². The van der Waals surface area contributed by atoms with Gasteiger partial charge in [-0.2, -0.15) is 10.2 Å². The molecule has 0 amide bonds. The number of nitrogens with zero attached hydrogens (tertiary/aromatic N) is 2. The summed E-state index contributed by atoms with van der Waals surface area (Å²) in [5, 5.41) is 8.18. The molecule has 0 aliphatic carbocycles. The summed E-state index contributed by atoms with van der Waals surface area (Å²) in [6.45, 7) is 7.91. The van der Waals surface area contributed by atoms with Crippen LogP contribution in [0, 0.1) is 27.7 Å². The normalized spacial score (nSPS) is 12.3. The van der Waals surface area contributed by atoms with Crippen LogP contribution in [-0.2, 0) is 0 Å². The molecule has 3 aromatic carbocycles. The van der Waals surface area contributed by atoms with Crippen LogP contribution in [0.25, 0.3) is 0 Å². The highest BCUT2D eigenvalue weighted by atomic mass is 16.1. The molecule has 3 rings (SSSR count). The Balaban J connectivity index is 2.00. The van der Waals surface area contributed by atoms with E-state index in [-0.39, 0.29) is 10.7 Å². The monoisotopic (exact) mass is 374 g/mol. The van der Waals surface area contributed by atoms with Crippen molar-refractivity contribution in [2.24, 2.45) is 10.2 Å². The predicted molar refractivity (Wildman–Crippen MR) is 112 cm³/mol. The summed E-state index contributed by atoms with van der Waals surface area (Å²) in [7, 11) is 0. The van der Waals surface area contributed by atoms with Crippen molar-refractivity contribution >= 4 is 11.4 Å². The van der Waals surface area contributed by atoms with Gasteiger partial charge in [0.25, 0.3) is 0 Å². The molecule has 142 valence electrons. The van der Waals surface area contributed by atoms with Crippen molar-refractivity contribution in [2.75, 3.05) is 10.9 Å². The first kappa shape index (κ1) is 19.2. The zero-order valence-corrected chi connectivity index (χ0v) is 16.3. The maximum absolute atomic E-state index is 12.7. The Kier molecular flexibility index (Phi) is 5.49. The molecule has 28 heavy (non-hydrogen) atoms. The molecular weight excluding hydrogens is 352 g/mol. The zero-order chi connectivity index (χ0) is 20.3. The molecule has 0 atom stereocenters. The Morgan fingerprint density at radius 3 is 1.79 bits per heavy atom. The first-order valence-electron chi connectivity index (χ1n) is 8.95. The number of anilines is 2. The molecule has 0 heterocycles. The van der Waals surface area contributed by atoms with Crippen LogP contribution < -0.4 is 32.4 Å². The lowest BCUT2D eigenvalue weighted by Crippen LogP contribution is -2.48. The van der Waals surface area contributed by atoms with Crippen LogP contribution in [0.5, 0.6) is 0 Å². The van der Waals surface area contributed by atoms with Gasteiger partial charge in [0.05, 0.1) is 11.4 Å². The van der Waals surface area contributed by atoms with Crippen LogP contribution in [-0.4, -0.2) is 0 Å². The van der Waals surface area contributed by atoms with Gasteiger partial charge in [0.15, 0.2) is 5.36 Å². The Morgan fingerprint density at radius 1 is 0.679 bits per heavy atom. The van der Waals surface area contributed by atoms with Crippen molar-refractivity contribution in [1.82, 2.24) is 0 Å². The van der Waals surface area contributed by atoms with Gasteiger partial charge in [0.2, 0.25) is 10.9 Å². The Hall–Kier alpha value is -3.54. The van der Waals surface area contributed by atoms with Crippen LogP contribution in [0.15, 0.2) is 68.3 Å². The summed E-state index contributed by atoms with van der Waals surface area (Å²) in [6.07, 6.45) is 0. The molecule has 2 N–H and O–H groups in total. The van der Waals surface area contributed by atoms with Crippen molar-refractivity contribution in [3.63, 3.8) is 0 Å². The number of aryl methyl sites for hydroxylation is 2. The minimum atomic E-state index is -0.525. The minimum Gasteiger partial charge on any atom is -0.287 e. The Morgan fingerprint density at radius 2 is 1.21 bits per heavy atom. The third kappa shape index (κ3) is 3.91. The fourth-order valence-corrected chi connectivity index (χ4v) is 2.72. The molecule has 0 fully saturated rings. The van der Waals surface area contributed by atoms with Gasteiger partial charge in [0, 0.05) is 0 Å². The van der Waals surface area contributed by atoms with Crippen LogP contribution in [0.4, 0.5) is 11.4 Å². The van der Waals surface area contributed by atoms with Gasteiger partial charge in [-0.25, -0.2) is 0 Å². The molecule has 0 unspecified atom stereocenters. The third-order valence-electron chi connectivity index (χ3n) is 4.87. The standard InChI is InChI=1S/C22H22N4O2/c1-13-7-5-9-17(15(13)3)23-25-19-11-12-20(27)21(22(19)28)26-24-18-10-6-8-14(2)16(18)4/h5-12,23-24H,1-4H3. The highest BCUT2D eigenvalue weighted by molar-refractivity contribution is 5.53. The van der Waals surface area contributed by atoms with Gasteiger partial charge in [-0.1, -0.05) is 24.3 Å². The highest BCUT2D eigenvalue weighted by Gasteiger charge is 2.04. The van der Waals surface area contributed by atoms with Gasteiger partial charge in [-0.05, 0) is 74.2 Å². The van der Waals surface area contributed by atoms with Gasteiger partial charge >= 0.3 is 0 Å². The maximum Gasteiger partial charge on any atom is 0.237 e. The number of hydrogen-bond acceptors (Lipinski definition) is 6. The number of hydrogen-bond donors (Lipinski definition) is 2. The molecule has 0 saturated carbocycles. The lowest BCUT2D eigenvalue weighted by atomic mass is 10.1. The Bertz CT molecular complexity index is 1250. The van der Waals surface area contributed by atoms with E-state index in [2.05, 4.69) is 21.1 Å². The summed E-state index contributed by atoms with van der Waals surface area (Å²) in [5.74, 6) is 0. The van der Waals surface area contributed by atoms with Crippen LogP contribution in [0.1, 0.15) is 22.3 Å². The molecule has 0 saturated heterocycles. The molecule has 0 aromatic heterocycles. The summed E-state index contributed by atoms with van der Waals surface area (Å²) in [5.41, 5.74) is 10.6. The molecule has 0 aliphatic rings. The summed E-state index contributed by atoms with van der Waals surface area (Å²) in [4.78, 5) is 24.8. The van der Waals surface area contributed by atoms with E-state index in [0.29, 0.717) is 0 Å².